The Kier molecular flexibility index (Phi) is 4.68. The topological polar surface area (TPSA) is 108 Å². The van der Waals surface area contributed by atoms with E-state index in [9.17, 15) is 0 Å². The molecule has 14 heavy (non-hydrogen) atoms. The van der Waals surface area contributed by atoms with Gasteiger partial charge in [0.1, 0.15) is 0 Å². The number of hydrogen-bond donors (Lipinski definition) is 2. The molecule has 0 atom stereocenters. The van der Waals surface area contributed by atoms with Crippen molar-refractivity contribution in [3.8, 4) is 0 Å². The Hall–Kier alpha value is -2.12. The van der Waals surface area contributed by atoms with Gasteiger partial charge in [-0.25, -0.2) is 4.68 Å². The summed E-state index contributed by atoms with van der Waals surface area (Å²) in [5.74, 6) is 0.366. The molecule has 0 aliphatic rings. The Balaban J connectivity index is 0.000000364. The molecule has 0 fully saturated rings. The highest BCUT2D eigenvalue weighted by atomic mass is 16.9. The standard InChI is InChI=1S/C6H10N4.HNO3/c1-9(2)6(7)10-5-3-4-8-10;2-1(3)4/h3-5,7H,1-2H3;(H,2,3,4). The molecule has 0 saturated carbocycles. The number of aromatic nitrogens is 2. The molecule has 0 spiro atoms. The van der Waals surface area contributed by atoms with E-state index in [4.69, 9.17) is 20.7 Å². The van der Waals surface area contributed by atoms with Crippen LogP contribution in [0.1, 0.15) is 0 Å². The lowest BCUT2D eigenvalue weighted by molar-refractivity contribution is -0.742. The molecule has 0 aliphatic carbocycles. The molecular formula is C6H11N5O3. The van der Waals surface area contributed by atoms with E-state index in [0.717, 1.165) is 0 Å². The second kappa shape index (κ2) is 5.51. The third-order valence-electron chi connectivity index (χ3n) is 1.15. The lowest BCUT2D eigenvalue weighted by atomic mass is 10.7. The van der Waals surface area contributed by atoms with Crippen LogP contribution < -0.4 is 0 Å². The van der Waals surface area contributed by atoms with Crippen LogP contribution in [0.3, 0.4) is 0 Å². The summed E-state index contributed by atoms with van der Waals surface area (Å²) in [6.45, 7) is 0. The first kappa shape index (κ1) is 11.9. The zero-order valence-electron chi connectivity index (χ0n) is 7.78. The molecular weight excluding hydrogens is 190 g/mol. The van der Waals surface area contributed by atoms with Gasteiger partial charge in [-0.05, 0) is 6.07 Å². The van der Waals surface area contributed by atoms with Crippen molar-refractivity contribution in [3.05, 3.63) is 28.6 Å². The molecule has 0 radical (unpaired) electrons. The van der Waals surface area contributed by atoms with Crippen molar-refractivity contribution in [2.24, 2.45) is 0 Å². The smallest absolute Gasteiger partial charge is 0.291 e. The predicted molar refractivity (Wildman–Crippen MR) is 47.8 cm³/mol. The van der Waals surface area contributed by atoms with Crippen molar-refractivity contribution in [3.63, 3.8) is 0 Å². The predicted octanol–water partition coefficient (Wildman–Crippen LogP) is -0.120. The van der Waals surface area contributed by atoms with Crippen molar-refractivity contribution in [1.82, 2.24) is 14.7 Å². The number of rotatable bonds is 0. The zero-order valence-corrected chi connectivity index (χ0v) is 7.78. The molecule has 0 aromatic carbocycles. The van der Waals surface area contributed by atoms with Gasteiger partial charge in [-0.1, -0.05) is 0 Å². The third kappa shape index (κ3) is 4.70. The van der Waals surface area contributed by atoms with Gasteiger partial charge in [-0.2, -0.15) is 5.10 Å². The van der Waals surface area contributed by atoms with Gasteiger partial charge in [0.25, 0.3) is 5.09 Å². The molecule has 0 amide bonds. The van der Waals surface area contributed by atoms with Crippen molar-refractivity contribution in [1.29, 1.82) is 5.41 Å². The average Bonchev–Trinajstić information content (AvgIpc) is 2.53. The van der Waals surface area contributed by atoms with E-state index >= 15 is 0 Å². The summed E-state index contributed by atoms with van der Waals surface area (Å²) in [7, 11) is 3.62. The fourth-order valence-corrected chi connectivity index (χ4v) is 0.599. The fraction of sp³-hybridized carbons (Fsp3) is 0.333. The molecule has 1 aromatic rings. The van der Waals surface area contributed by atoms with Gasteiger partial charge >= 0.3 is 0 Å². The first-order chi connectivity index (χ1) is 6.45. The molecule has 8 heteroatoms. The van der Waals surface area contributed by atoms with Gasteiger partial charge < -0.3 is 10.1 Å². The first-order valence-corrected chi connectivity index (χ1v) is 3.54. The number of nitrogens with zero attached hydrogens (tertiary/aromatic N) is 4. The molecule has 0 aliphatic heterocycles. The van der Waals surface area contributed by atoms with Crippen LogP contribution in [0, 0.1) is 15.5 Å². The van der Waals surface area contributed by atoms with Gasteiger partial charge in [0.15, 0.2) is 0 Å². The quantitative estimate of drug-likeness (QED) is 0.263. The summed E-state index contributed by atoms with van der Waals surface area (Å²) < 4.78 is 1.50. The van der Waals surface area contributed by atoms with E-state index in [0.29, 0.717) is 5.96 Å². The van der Waals surface area contributed by atoms with Crippen LogP contribution in [-0.4, -0.2) is 45.0 Å². The molecule has 78 valence electrons. The second-order valence-electron chi connectivity index (χ2n) is 2.41. The zero-order chi connectivity index (χ0) is 11.1. The van der Waals surface area contributed by atoms with Crippen LogP contribution in [0.25, 0.3) is 0 Å². The summed E-state index contributed by atoms with van der Waals surface area (Å²) in [6, 6.07) is 1.79. The Morgan fingerprint density at radius 2 is 2.21 bits per heavy atom. The van der Waals surface area contributed by atoms with E-state index in [-0.39, 0.29) is 0 Å². The minimum atomic E-state index is -1.50. The van der Waals surface area contributed by atoms with Crippen LogP contribution >= 0.6 is 0 Å². The minimum Gasteiger partial charge on any atom is -0.347 e. The van der Waals surface area contributed by atoms with E-state index in [1.54, 1.807) is 23.4 Å². The van der Waals surface area contributed by atoms with Gasteiger partial charge in [-0.15, -0.1) is 10.1 Å². The van der Waals surface area contributed by atoms with E-state index in [1.165, 1.54) is 4.68 Å². The number of nitrogens with one attached hydrogen (secondary N) is 1. The highest BCUT2D eigenvalue weighted by molar-refractivity contribution is 5.77. The molecule has 1 aromatic heterocycles. The summed E-state index contributed by atoms with van der Waals surface area (Å²) in [6.07, 6.45) is 3.39. The molecule has 0 saturated heterocycles. The third-order valence-corrected chi connectivity index (χ3v) is 1.15. The maximum Gasteiger partial charge on any atom is 0.291 e. The van der Waals surface area contributed by atoms with E-state index in [1.807, 2.05) is 14.1 Å². The van der Waals surface area contributed by atoms with Crippen LogP contribution in [0.15, 0.2) is 18.5 Å². The Morgan fingerprint density at radius 1 is 1.71 bits per heavy atom. The summed E-state index contributed by atoms with van der Waals surface area (Å²) >= 11 is 0. The van der Waals surface area contributed by atoms with Crippen molar-refractivity contribution >= 4 is 5.96 Å². The molecule has 2 N–H and O–H groups in total. The van der Waals surface area contributed by atoms with Gasteiger partial charge in [0.05, 0.1) is 0 Å². The SMILES string of the molecule is CN(C)C(=N)n1cccn1.O=[N+]([O-])O. The number of hydrogen-bond acceptors (Lipinski definition) is 4. The summed E-state index contributed by atoms with van der Waals surface area (Å²) in [5, 5.41) is 25.0. The van der Waals surface area contributed by atoms with Gasteiger partial charge in [-0.3, -0.25) is 5.41 Å². The normalized spacial score (nSPS) is 8.43. The monoisotopic (exact) mass is 201 g/mol. The lowest BCUT2D eigenvalue weighted by Crippen LogP contribution is -2.28. The molecule has 1 rings (SSSR count). The van der Waals surface area contributed by atoms with E-state index < -0.39 is 5.09 Å². The summed E-state index contributed by atoms with van der Waals surface area (Å²) in [4.78, 5) is 10.0. The van der Waals surface area contributed by atoms with Crippen molar-refractivity contribution < 1.29 is 10.3 Å². The first-order valence-electron chi connectivity index (χ1n) is 3.54. The molecule has 1 heterocycles. The van der Waals surface area contributed by atoms with Crippen LogP contribution in [0.2, 0.25) is 0 Å². The Morgan fingerprint density at radius 3 is 2.50 bits per heavy atom. The lowest BCUT2D eigenvalue weighted by Gasteiger charge is -2.11. The van der Waals surface area contributed by atoms with Gasteiger partial charge in [0, 0.05) is 26.5 Å². The molecule has 8 nitrogen and oxygen atoms in total. The van der Waals surface area contributed by atoms with Crippen LogP contribution in [0.4, 0.5) is 0 Å². The average molecular weight is 201 g/mol. The second-order valence-corrected chi connectivity index (χ2v) is 2.41. The molecule has 0 bridgehead atoms. The Bertz CT molecular complexity index is 290. The highest BCUT2D eigenvalue weighted by Crippen LogP contribution is 1.85. The van der Waals surface area contributed by atoms with Crippen LogP contribution in [-0.2, 0) is 0 Å². The highest BCUT2D eigenvalue weighted by Gasteiger charge is 1.99. The fourth-order valence-electron chi connectivity index (χ4n) is 0.599. The van der Waals surface area contributed by atoms with Crippen LogP contribution in [0.5, 0.6) is 0 Å². The van der Waals surface area contributed by atoms with E-state index in [2.05, 4.69) is 5.10 Å². The summed E-state index contributed by atoms with van der Waals surface area (Å²) in [5.41, 5.74) is 0. The minimum absolute atomic E-state index is 0.366. The Labute approximate surface area is 80.0 Å². The maximum absolute atomic E-state index is 8.36. The maximum atomic E-state index is 8.36. The molecule has 0 unspecified atom stereocenters. The van der Waals surface area contributed by atoms with Crippen molar-refractivity contribution in [2.75, 3.05) is 14.1 Å². The van der Waals surface area contributed by atoms with Crippen molar-refractivity contribution in [2.45, 2.75) is 0 Å². The van der Waals surface area contributed by atoms with Gasteiger partial charge in [0.2, 0.25) is 5.96 Å². The largest absolute Gasteiger partial charge is 0.347 e.